The van der Waals surface area contributed by atoms with Crippen LogP contribution in [0.1, 0.15) is 22.5 Å². The van der Waals surface area contributed by atoms with Crippen LogP contribution in [-0.4, -0.2) is 22.6 Å². The van der Waals surface area contributed by atoms with Crippen molar-refractivity contribution in [1.29, 1.82) is 0 Å². The van der Waals surface area contributed by atoms with Gasteiger partial charge in [-0.05, 0) is 30.3 Å². The molecule has 2 N–H and O–H groups in total. The van der Waals surface area contributed by atoms with Gasteiger partial charge in [-0.15, -0.1) is 0 Å². The standard InChI is InChI=1S/C16H13FN2O2/c17-13-5-3-6-14(10-13)19-16(21)15-8-7-12(11-18-15)4-1-2-9-20/h3,5-8,10-11,20H,2,9H2,(H,19,21). The highest BCUT2D eigenvalue weighted by atomic mass is 19.1. The first-order chi connectivity index (χ1) is 10.2. The lowest BCUT2D eigenvalue weighted by Crippen LogP contribution is -2.13. The Morgan fingerprint density at radius 2 is 2.19 bits per heavy atom. The molecule has 0 atom stereocenters. The van der Waals surface area contributed by atoms with Crippen LogP contribution < -0.4 is 5.32 Å². The second-order valence-electron chi connectivity index (χ2n) is 4.17. The molecule has 1 amide bonds. The fourth-order valence-corrected chi connectivity index (χ4v) is 1.58. The van der Waals surface area contributed by atoms with Crippen molar-refractivity contribution >= 4 is 11.6 Å². The Balaban J connectivity index is 2.05. The zero-order valence-corrected chi connectivity index (χ0v) is 11.1. The molecule has 2 aromatic rings. The summed E-state index contributed by atoms with van der Waals surface area (Å²) in [5, 5.41) is 11.2. The first kappa shape index (κ1) is 14.7. The molecule has 21 heavy (non-hydrogen) atoms. The van der Waals surface area contributed by atoms with Crippen molar-refractivity contribution < 1.29 is 14.3 Å². The van der Waals surface area contributed by atoms with Gasteiger partial charge in [0.05, 0.1) is 6.61 Å². The molecule has 0 unspecified atom stereocenters. The lowest BCUT2D eigenvalue weighted by molar-refractivity contribution is 0.102. The molecule has 5 heteroatoms. The number of benzene rings is 1. The number of hydrogen-bond donors (Lipinski definition) is 2. The van der Waals surface area contributed by atoms with Gasteiger partial charge < -0.3 is 10.4 Å². The molecule has 0 radical (unpaired) electrons. The molecule has 1 aromatic carbocycles. The Morgan fingerprint density at radius 3 is 2.86 bits per heavy atom. The van der Waals surface area contributed by atoms with Crippen LogP contribution in [0.5, 0.6) is 0 Å². The average molecular weight is 284 g/mol. The smallest absolute Gasteiger partial charge is 0.274 e. The van der Waals surface area contributed by atoms with E-state index >= 15 is 0 Å². The Hall–Kier alpha value is -2.71. The predicted molar refractivity (Wildman–Crippen MR) is 77.2 cm³/mol. The summed E-state index contributed by atoms with van der Waals surface area (Å²) < 4.78 is 13.0. The number of nitrogens with one attached hydrogen (secondary N) is 1. The third-order valence-corrected chi connectivity index (χ3v) is 2.55. The number of rotatable bonds is 3. The van der Waals surface area contributed by atoms with Gasteiger partial charge in [0, 0.05) is 23.9 Å². The third kappa shape index (κ3) is 4.41. The van der Waals surface area contributed by atoms with Gasteiger partial charge in [0.2, 0.25) is 0 Å². The summed E-state index contributed by atoms with van der Waals surface area (Å²) in [5.74, 6) is 4.74. The number of aromatic nitrogens is 1. The molecule has 1 heterocycles. The molecule has 1 aromatic heterocycles. The number of hydrogen-bond acceptors (Lipinski definition) is 3. The quantitative estimate of drug-likeness (QED) is 0.849. The summed E-state index contributed by atoms with van der Waals surface area (Å²) in [5.41, 5.74) is 1.24. The fraction of sp³-hybridized carbons (Fsp3) is 0.125. The molecule has 0 aliphatic carbocycles. The maximum atomic E-state index is 13.0. The lowest BCUT2D eigenvalue weighted by atomic mass is 10.2. The van der Waals surface area contributed by atoms with Gasteiger partial charge in [-0.1, -0.05) is 17.9 Å². The summed E-state index contributed by atoms with van der Waals surface area (Å²) in [6, 6.07) is 8.84. The fourth-order valence-electron chi connectivity index (χ4n) is 1.58. The Kier molecular flexibility index (Phi) is 5.02. The highest BCUT2D eigenvalue weighted by Gasteiger charge is 2.07. The van der Waals surface area contributed by atoms with E-state index in [2.05, 4.69) is 22.1 Å². The van der Waals surface area contributed by atoms with Gasteiger partial charge in [0.15, 0.2) is 0 Å². The molecule has 0 aliphatic rings. The number of pyridine rings is 1. The van der Waals surface area contributed by atoms with Crippen LogP contribution >= 0.6 is 0 Å². The SMILES string of the molecule is O=C(Nc1cccc(F)c1)c1ccc(C#CCCO)cn1. The summed E-state index contributed by atoms with van der Waals surface area (Å²) >= 11 is 0. The van der Waals surface area contributed by atoms with E-state index in [1.54, 1.807) is 12.1 Å². The monoisotopic (exact) mass is 284 g/mol. The topological polar surface area (TPSA) is 62.2 Å². The zero-order chi connectivity index (χ0) is 15.1. The van der Waals surface area contributed by atoms with Gasteiger partial charge in [0.1, 0.15) is 11.5 Å². The van der Waals surface area contributed by atoms with E-state index in [9.17, 15) is 9.18 Å². The zero-order valence-electron chi connectivity index (χ0n) is 11.1. The molecule has 0 aliphatic heterocycles. The molecule has 0 bridgehead atoms. The Morgan fingerprint density at radius 1 is 1.33 bits per heavy atom. The van der Waals surface area contributed by atoms with Crippen LogP contribution in [0.3, 0.4) is 0 Å². The maximum absolute atomic E-state index is 13.0. The van der Waals surface area contributed by atoms with E-state index in [0.717, 1.165) is 0 Å². The summed E-state index contributed by atoms with van der Waals surface area (Å²) in [7, 11) is 0. The van der Waals surface area contributed by atoms with Crippen LogP contribution in [0, 0.1) is 17.7 Å². The number of carbonyl (C=O) groups is 1. The van der Waals surface area contributed by atoms with Crippen molar-refractivity contribution in [3.05, 3.63) is 59.7 Å². The van der Waals surface area contributed by atoms with Crippen molar-refractivity contribution in [3.63, 3.8) is 0 Å². The first-order valence-corrected chi connectivity index (χ1v) is 6.32. The van der Waals surface area contributed by atoms with Crippen LogP contribution in [0.15, 0.2) is 42.6 Å². The molecule has 0 fully saturated rings. The Labute approximate surface area is 121 Å². The largest absolute Gasteiger partial charge is 0.395 e. The minimum absolute atomic E-state index is 0.00849. The average Bonchev–Trinajstić information content (AvgIpc) is 2.48. The molecule has 0 spiro atoms. The number of amides is 1. The number of nitrogens with zero attached hydrogens (tertiary/aromatic N) is 1. The van der Waals surface area contributed by atoms with Crippen molar-refractivity contribution in [2.75, 3.05) is 11.9 Å². The molecule has 0 saturated carbocycles. The maximum Gasteiger partial charge on any atom is 0.274 e. The number of halogens is 1. The molecule has 106 valence electrons. The molecular formula is C16H13FN2O2. The number of carbonyl (C=O) groups excluding carboxylic acids is 1. The summed E-state index contributed by atoms with van der Waals surface area (Å²) in [4.78, 5) is 15.9. The van der Waals surface area contributed by atoms with E-state index in [0.29, 0.717) is 17.7 Å². The third-order valence-electron chi connectivity index (χ3n) is 2.55. The highest BCUT2D eigenvalue weighted by molar-refractivity contribution is 6.02. The first-order valence-electron chi connectivity index (χ1n) is 6.32. The van der Waals surface area contributed by atoms with Crippen LogP contribution in [0.4, 0.5) is 10.1 Å². The van der Waals surface area contributed by atoms with Gasteiger partial charge >= 0.3 is 0 Å². The van der Waals surface area contributed by atoms with E-state index in [1.165, 1.54) is 30.5 Å². The normalized spacial score (nSPS) is 9.62. The Bertz CT molecular complexity index is 687. The van der Waals surface area contributed by atoms with Crippen molar-refractivity contribution in [2.45, 2.75) is 6.42 Å². The number of aliphatic hydroxyl groups is 1. The lowest BCUT2D eigenvalue weighted by Gasteiger charge is -2.04. The van der Waals surface area contributed by atoms with Crippen LogP contribution in [0.25, 0.3) is 0 Å². The van der Waals surface area contributed by atoms with E-state index in [1.807, 2.05) is 0 Å². The minimum Gasteiger partial charge on any atom is -0.395 e. The van der Waals surface area contributed by atoms with E-state index in [4.69, 9.17) is 5.11 Å². The minimum atomic E-state index is -0.421. The van der Waals surface area contributed by atoms with E-state index in [-0.39, 0.29) is 12.3 Å². The van der Waals surface area contributed by atoms with Gasteiger partial charge in [0.25, 0.3) is 5.91 Å². The molecule has 0 saturated heterocycles. The second-order valence-corrected chi connectivity index (χ2v) is 4.17. The predicted octanol–water partition coefficient (Wildman–Crippen LogP) is 2.21. The molecular weight excluding hydrogens is 271 g/mol. The van der Waals surface area contributed by atoms with E-state index < -0.39 is 11.7 Å². The summed E-state index contributed by atoms with van der Waals surface area (Å²) in [6.45, 7) is 0.00849. The second kappa shape index (κ2) is 7.17. The van der Waals surface area contributed by atoms with Gasteiger partial charge in [-0.25, -0.2) is 9.37 Å². The highest BCUT2D eigenvalue weighted by Crippen LogP contribution is 2.10. The van der Waals surface area contributed by atoms with Crippen molar-refractivity contribution in [1.82, 2.24) is 4.98 Å². The number of anilines is 1. The number of aliphatic hydroxyl groups excluding tert-OH is 1. The van der Waals surface area contributed by atoms with Gasteiger partial charge in [-0.3, -0.25) is 4.79 Å². The summed E-state index contributed by atoms with van der Waals surface area (Å²) in [6.07, 6.45) is 1.87. The van der Waals surface area contributed by atoms with Crippen LogP contribution in [0.2, 0.25) is 0 Å². The molecule has 2 rings (SSSR count). The molecule has 4 nitrogen and oxygen atoms in total. The van der Waals surface area contributed by atoms with Gasteiger partial charge in [-0.2, -0.15) is 0 Å². The van der Waals surface area contributed by atoms with Crippen molar-refractivity contribution in [2.24, 2.45) is 0 Å². The van der Waals surface area contributed by atoms with Crippen molar-refractivity contribution in [3.8, 4) is 11.8 Å². The van der Waals surface area contributed by atoms with Crippen LogP contribution in [-0.2, 0) is 0 Å².